The molecule has 1 rings (SSSR count). The van der Waals surface area contributed by atoms with Gasteiger partial charge in [-0.3, -0.25) is 4.79 Å². The molecular weight excluding hydrogens is 212 g/mol. The molecule has 3 heteroatoms. The zero-order chi connectivity index (χ0) is 12.8. The summed E-state index contributed by atoms with van der Waals surface area (Å²) in [6, 6.07) is 0.494. The lowest BCUT2D eigenvalue weighted by Crippen LogP contribution is -2.52. The van der Waals surface area contributed by atoms with Crippen molar-refractivity contribution in [3.8, 4) is 0 Å². The van der Waals surface area contributed by atoms with Crippen molar-refractivity contribution in [2.24, 2.45) is 11.8 Å². The molecular formula is C14H28N2O. The zero-order valence-corrected chi connectivity index (χ0v) is 11.8. The van der Waals surface area contributed by atoms with Crippen LogP contribution in [0.25, 0.3) is 0 Å². The van der Waals surface area contributed by atoms with E-state index in [4.69, 9.17) is 0 Å². The van der Waals surface area contributed by atoms with Gasteiger partial charge in [-0.25, -0.2) is 0 Å². The Morgan fingerprint density at radius 2 is 2.06 bits per heavy atom. The Labute approximate surface area is 106 Å². The number of amides is 1. The fraction of sp³-hybridized carbons (Fsp3) is 0.929. The minimum Gasteiger partial charge on any atom is -0.341 e. The van der Waals surface area contributed by atoms with Crippen LogP contribution >= 0.6 is 0 Å². The summed E-state index contributed by atoms with van der Waals surface area (Å²) in [6.07, 6.45) is 3.68. The smallest absolute Gasteiger partial charge is 0.225 e. The minimum absolute atomic E-state index is 0.123. The highest BCUT2D eigenvalue weighted by molar-refractivity contribution is 5.78. The van der Waals surface area contributed by atoms with Crippen molar-refractivity contribution >= 4 is 5.91 Å². The predicted molar refractivity (Wildman–Crippen MR) is 71.9 cm³/mol. The van der Waals surface area contributed by atoms with Crippen LogP contribution in [0.15, 0.2) is 0 Å². The van der Waals surface area contributed by atoms with Crippen molar-refractivity contribution in [3.05, 3.63) is 0 Å². The van der Waals surface area contributed by atoms with Gasteiger partial charge < -0.3 is 10.2 Å². The van der Waals surface area contributed by atoms with Crippen LogP contribution in [0.2, 0.25) is 0 Å². The number of rotatable bonds is 5. The molecule has 1 aliphatic rings. The summed E-state index contributed by atoms with van der Waals surface area (Å²) in [5.74, 6) is 1.12. The van der Waals surface area contributed by atoms with E-state index in [2.05, 4.69) is 24.1 Å². The molecule has 100 valence electrons. The van der Waals surface area contributed by atoms with E-state index < -0.39 is 0 Å². The second-order valence-corrected chi connectivity index (χ2v) is 5.54. The summed E-state index contributed by atoms with van der Waals surface area (Å²) in [6.45, 7) is 11.2. The lowest BCUT2D eigenvalue weighted by atomic mass is 9.90. The van der Waals surface area contributed by atoms with Gasteiger partial charge in [0.2, 0.25) is 5.91 Å². The average molecular weight is 240 g/mol. The number of likely N-dealkylation sites (N-methyl/N-ethyl adjacent to an activating group) is 1. The Balaban J connectivity index is 2.61. The summed E-state index contributed by atoms with van der Waals surface area (Å²) in [5.41, 5.74) is 0. The normalized spacial score (nSPS) is 25.4. The molecule has 1 N–H and O–H groups in total. The standard InChI is InChI=1S/C14H28N2O/c1-5-7-12-8-13(15-6-2)10-16(9-12)14(17)11(3)4/h11-13,15H,5-10H2,1-4H3. The fourth-order valence-corrected chi connectivity index (χ4v) is 2.80. The molecule has 0 aromatic rings. The lowest BCUT2D eigenvalue weighted by molar-refractivity contribution is -0.136. The summed E-state index contributed by atoms with van der Waals surface area (Å²) in [5, 5.41) is 3.50. The highest BCUT2D eigenvalue weighted by Crippen LogP contribution is 2.22. The first-order chi connectivity index (χ1) is 8.08. The maximum absolute atomic E-state index is 12.1. The molecule has 0 aromatic heterocycles. The van der Waals surface area contributed by atoms with Crippen LogP contribution in [0.4, 0.5) is 0 Å². The number of hydrogen-bond acceptors (Lipinski definition) is 2. The minimum atomic E-state index is 0.123. The van der Waals surface area contributed by atoms with Gasteiger partial charge >= 0.3 is 0 Å². The third-order valence-electron chi connectivity index (χ3n) is 3.53. The van der Waals surface area contributed by atoms with Crippen LogP contribution in [0, 0.1) is 11.8 Å². The van der Waals surface area contributed by atoms with E-state index in [-0.39, 0.29) is 5.92 Å². The van der Waals surface area contributed by atoms with E-state index >= 15 is 0 Å². The van der Waals surface area contributed by atoms with Gasteiger partial charge in [0.1, 0.15) is 0 Å². The van der Waals surface area contributed by atoms with Gasteiger partial charge in [-0.15, -0.1) is 0 Å². The van der Waals surface area contributed by atoms with E-state index in [0.29, 0.717) is 17.9 Å². The number of hydrogen-bond donors (Lipinski definition) is 1. The van der Waals surface area contributed by atoms with Crippen LogP contribution in [-0.4, -0.2) is 36.5 Å². The first-order valence-electron chi connectivity index (χ1n) is 7.10. The Hall–Kier alpha value is -0.570. The van der Waals surface area contributed by atoms with Crippen LogP contribution in [0.1, 0.15) is 47.0 Å². The van der Waals surface area contributed by atoms with Crippen LogP contribution in [-0.2, 0) is 4.79 Å². The van der Waals surface area contributed by atoms with Gasteiger partial charge in [-0.2, -0.15) is 0 Å². The molecule has 17 heavy (non-hydrogen) atoms. The molecule has 1 amide bonds. The molecule has 1 saturated heterocycles. The van der Waals surface area contributed by atoms with Crippen LogP contribution in [0.3, 0.4) is 0 Å². The summed E-state index contributed by atoms with van der Waals surface area (Å²) in [4.78, 5) is 14.2. The van der Waals surface area contributed by atoms with Gasteiger partial charge in [-0.05, 0) is 25.3 Å². The van der Waals surface area contributed by atoms with Gasteiger partial charge in [0.25, 0.3) is 0 Å². The molecule has 0 bridgehead atoms. The average Bonchev–Trinajstić information content (AvgIpc) is 2.28. The molecule has 0 spiro atoms. The zero-order valence-electron chi connectivity index (χ0n) is 11.8. The van der Waals surface area contributed by atoms with Gasteiger partial charge in [0, 0.05) is 25.0 Å². The molecule has 1 aliphatic heterocycles. The number of nitrogens with zero attached hydrogens (tertiary/aromatic N) is 1. The maximum Gasteiger partial charge on any atom is 0.225 e. The maximum atomic E-state index is 12.1. The Morgan fingerprint density at radius 1 is 1.35 bits per heavy atom. The number of carbonyl (C=O) groups excluding carboxylic acids is 1. The quantitative estimate of drug-likeness (QED) is 0.799. The summed E-state index contributed by atoms with van der Waals surface area (Å²) >= 11 is 0. The van der Waals surface area contributed by atoms with E-state index in [1.807, 2.05) is 13.8 Å². The van der Waals surface area contributed by atoms with Crippen molar-refractivity contribution in [3.63, 3.8) is 0 Å². The van der Waals surface area contributed by atoms with Crippen LogP contribution in [0.5, 0.6) is 0 Å². The summed E-state index contributed by atoms with van der Waals surface area (Å²) in [7, 11) is 0. The molecule has 3 nitrogen and oxygen atoms in total. The topological polar surface area (TPSA) is 32.3 Å². The highest BCUT2D eigenvalue weighted by Gasteiger charge is 2.29. The molecule has 0 saturated carbocycles. The van der Waals surface area contributed by atoms with Crippen molar-refractivity contribution in [1.82, 2.24) is 10.2 Å². The highest BCUT2D eigenvalue weighted by atomic mass is 16.2. The van der Waals surface area contributed by atoms with Gasteiger partial charge in [0.15, 0.2) is 0 Å². The van der Waals surface area contributed by atoms with E-state index in [1.54, 1.807) is 0 Å². The SMILES string of the molecule is CCCC1CC(NCC)CN(C(=O)C(C)C)C1. The van der Waals surface area contributed by atoms with Crippen molar-refractivity contribution in [2.45, 2.75) is 53.0 Å². The fourth-order valence-electron chi connectivity index (χ4n) is 2.80. The largest absolute Gasteiger partial charge is 0.341 e. The Morgan fingerprint density at radius 3 is 2.59 bits per heavy atom. The van der Waals surface area contributed by atoms with Gasteiger partial charge in [-0.1, -0.05) is 34.1 Å². The Bertz CT molecular complexity index is 226. The Kier molecular flexibility index (Phi) is 5.96. The van der Waals surface area contributed by atoms with Crippen LogP contribution < -0.4 is 5.32 Å². The van der Waals surface area contributed by atoms with Crippen molar-refractivity contribution < 1.29 is 4.79 Å². The predicted octanol–water partition coefficient (Wildman–Crippen LogP) is 2.27. The van der Waals surface area contributed by atoms with Crippen molar-refractivity contribution in [1.29, 1.82) is 0 Å². The van der Waals surface area contributed by atoms with Crippen molar-refractivity contribution in [2.75, 3.05) is 19.6 Å². The molecule has 1 heterocycles. The molecule has 0 aliphatic carbocycles. The van der Waals surface area contributed by atoms with E-state index in [0.717, 1.165) is 19.6 Å². The van der Waals surface area contributed by atoms with Gasteiger partial charge in [0.05, 0.1) is 0 Å². The summed E-state index contributed by atoms with van der Waals surface area (Å²) < 4.78 is 0. The first kappa shape index (κ1) is 14.5. The number of nitrogens with one attached hydrogen (secondary N) is 1. The molecule has 2 unspecified atom stereocenters. The second-order valence-electron chi connectivity index (χ2n) is 5.54. The third-order valence-corrected chi connectivity index (χ3v) is 3.53. The van der Waals surface area contributed by atoms with E-state index in [9.17, 15) is 4.79 Å². The first-order valence-corrected chi connectivity index (χ1v) is 7.10. The monoisotopic (exact) mass is 240 g/mol. The molecule has 0 aromatic carbocycles. The third kappa shape index (κ3) is 4.30. The molecule has 1 fully saturated rings. The molecule has 0 radical (unpaired) electrons. The number of piperidine rings is 1. The number of likely N-dealkylation sites (tertiary alicyclic amines) is 1. The second kappa shape index (κ2) is 7.00. The number of carbonyl (C=O) groups is 1. The van der Waals surface area contributed by atoms with E-state index in [1.165, 1.54) is 19.3 Å². The lowest BCUT2D eigenvalue weighted by Gasteiger charge is -2.39. The molecule has 2 atom stereocenters.